The Hall–Kier alpha value is -3.58. The standard InChI is InChI=1S/C26H28N2O5/c29-24(28(17-20-8-2-1-3-9-20)19-26(31)13-4-5-14-26)18-33-22-11-6-10-21(16-22)27-25(30)23-12-7-15-32-23/h1-3,6-12,15-16,31H,4-5,13-14,17-19H2,(H,27,30). The number of benzene rings is 2. The average Bonchev–Trinajstić information content (AvgIpc) is 3.50. The van der Waals surface area contributed by atoms with Crippen LogP contribution in [-0.4, -0.2) is 40.6 Å². The Balaban J connectivity index is 1.39. The van der Waals surface area contributed by atoms with E-state index in [4.69, 9.17) is 9.15 Å². The predicted molar refractivity (Wildman–Crippen MR) is 124 cm³/mol. The van der Waals surface area contributed by atoms with Crippen molar-refractivity contribution in [2.75, 3.05) is 18.5 Å². The molecule has 0 unspecified atom stereocenters. The van der Waals surface area contributed by atoms with Crippen molar-refractivity contribution in [3.63, 3.8) is 0 Å². The molecule has 2 N–H and O–H groups in total. The van der Waals surface area contributed by atoms with Crippen molar-refractivity contribution in [3.8, 4) is 5.75 Å². The number of furan rings is 1. The van der Waals surface area contributed by atoms with Crippen molar-refractivity contribution in [2.24, 2.45) is 0 Å². The maximum atomic E-state index is 13.1. The molecule has 0 atom stereocenters. The Morgan fingerprint density at radius 3 is 2.55 bits per heavy atom. The Morgan fingerprint density at radius 1 is 1.03 bits per heavy atom. The zero-order valence-electron chi connectivity index (χ0n) is 18.4. The minimum Gasteiger partial charge on any atom is -0.484 e. The highest BCUT2D eigenvalue weighted by atomic mass is 16.5. The summed E-state index contributed by atoms with van der Waals surface area (Å²) in [6, 6.07) is 19.8. The molecule has 1 fully saturated rings. The van der Waals surface area contributed by atoms with Gasteiger partial charge in [0.05, 0.1) is 11.9 Å². The second-order valence-electron chi connectivity index (χ2n) is 8.41. The fraction of sp³-hybridized carbons (Fsp3) is 0.308. The zero-order valence-corrected chi connectivity index (χ0v) is 18.4. The third-order valence-corrected chi connectivity index (χ3v) is 5.79. The number of nitrogens with one attached hydrogen (secondary N) is 1. The summed E-state index contributed by atoms with van der Waals surface area (Å²) < 4.78 is 10.8. The van der Waals surface area contributed by atoms with Gasteiger partial charge in [-0.2, -0.15) is 0 Å². The second kappa shape index (κ2) is 10.4. The Bertz CT molecular complexity index is 1060. The van der Waals surface area contributed by atoms with Gasteiger partial charge in [-0.1, -0.05) is 49.2 Å². The largest absolute Gasteiger partial charge is 0.484 e. The highest BCUT2D eigenvalue weighted by Crippen LogP contribution is 2.30. The molecule has 4 rings (SSSR count). The van der Waals surface area contributed by atoms with E-state index in [2.05, 4.69) is 5.32 Å². The lowest BCUT2D eigenvalue weighted by molar-refractivity contribution is -0.137. The SMILES string of the molecule is O=C(Nc1cccc(OCC(=O)N(Cc2ccccc2)CC2(O)CCCC2)c1)c1ccco1. The number of carbonyl (C=O) groups excluding carboxylic acids is 2. The second-order valence-corrected chi connectivity index (χ2v) is 8.41. The number of ether oxygens (including phenoxy) is 1. The molecule has 1 aliphatic carbocycles. The minimum absolute atomic E-state index is 0.168. The van der Waals surface area contributed by atoms with Crippen LogP contribution in [0.25, 0.3) is 0 Å². The first-order valence-corrected chi connectivity index (χ1v) is 11.1. The molecule has 0 bridgehead atoms. The van der Waals surface area contributed by atoms with E-state index in [1.165, 1.54) is 6.26 Å². The van der Waals surface area contributed by atoms with Crippen LogP contribution >= 0.6 is 0 Å². The molecular weight excluding hydrogens is 420 g/mol. The summed E-state index contributed by atoms with van der Waals surface area (Å²) in [6.07, 6.45) is 4.77. The Labute approximate surface area is 193 Å². The van der Waals surface area contributed by atoms with Crippen molar-refractivity contribution in [3.05, 3.63) is 84.3 Å². The number of hydrogen-bond donors (Lipinski definition) is 2. The maximum absolute atomic E-state index is 13.1. The molecule has 172 valence electrons. The highest BCUT2D eigenvalue weighted by molar-refractivity contribution is 6.02. The van der Waals surface area contributed by atoms with E-state index in [0.717, 1.165) is 18.4 Å². The molecule has 7 heteroatoms. The number of carbonyl (C=O) groups is 2. The van der Waals surface area contributed by atoms with Crippen LogP contribution in [0.2, 0.25) is 0 Å². The summed E-state index contributed by atoms with van der Waals surface area (Å²) in [4.78, 5) is 26.9. The maximum Gasteiger partial charge on any atom is 0.291 e. The van der Waals surface area contributed by atoms with Crippen LogP contribution in [0, 0.1) is 0 Å². The van der Waals surface area contributed by atoms with Gasteiger partial charge in [0.25, 0.3) is 11.8 Å². The summed E-state index contributed by atoms with van der Waals surface area (Å²) >= 11 is 0. The van der Waals surface area contributed by atoms with Gasteiger partial charge < -0.3 is 24.5 Å². The number of rotatable bonds is 9. The van der Waals surface area contributed by atoms with E-state index in [0.29, 0.717) is 30.8 Å². The van der Waals surface area contributed by atoms with E-state index in [-0.39, 0.29) is 30.7 Å². The summed E-state index contributed by atoms with van der Waals surface area (Å²) in [5.74, 6) is 0.0917. The van der Waals surface area contributed by atoms with Gasteiger partial charge in [-0.05, 0) is 42.7 Å². The smallest absolute Gasteiger partial charge is 0.291 e. The molecule has 7 nitrogen and oxygen atoms in total. The molecule has 0 saturated heterocycles. The molecule has 1 saturated carbocycles. The van der Waals surface area contributed by atoms with Crippen molar-refractivity contribution < 1.29 is 23.8 Å². The molecule has 1 heterocycles. The molecular formula is C26H28N2O5. The monoisotopic (exact) mass is 448 g/mol. The van der Waals surface area contributed by atoms with Crippen molar-refractivity contribution in [1.82, 2.24) is 4.90 Å². The molecule has 2 aromatic carbocycles. The van der Waals surface area contributed by atoms with E-state index in [9.17, 15) is 14.7 Å². The van der Waals surface area contributed by atoms with E-state index in [1.54, 1.807) is 41.3 Å². The van der Waals surface area contributed by atoms with E-state index >= 15 is 0 Å². The van der Waals surface area contributed by atoms with Crippen LogP contribution in [0.3, 0.4) is 0 Å². The molecule has 0 radical (unpaired) electrons. The summed E-state index contributed by atoms with van der Waals surface area (Å²) in [6.45, 7) is 0.520. The van der Waals surface area contributed by atoms with Crippen LogP contribution < -0.4 is 10.1 Å². The number of hydrogen-bond acceptors (Lipinski definition) is 5. The van der Waals surface area contributed by atoms with Crippen molar-refractivity contribution in [2.45, 2.75) is 37.8 Å². The lowest BCUT2D eigenvalue weighted by Gasteiger charge is -2.31. The van der Waals surface area contributed by atoms with Gasteiger partial charge >= 0.3 is 0 Å². The van der Waals surface area contributed by atoms with Gasteiger partial charge in [0.1, 0.15) is 5.75 Å². The molecule has 0 spiro atoms. The summed E-state index contributed by atoms with van der Waals surface area (Å²) in [7, 11) is 0. The van der Waals surface area contributed by atoms with Crippen LogP contribution in [0.1, 0.15) is 41.8 Å². The number of amides is 2. The third-order valence-electron chi connectivity index (χ3n) is 5.79. The number of anilines is 1. The van der Waals surface area contributed by atoms with E-state index in [1.807, 2.05) is 30.3 Å². The first-order valence-electron chi connectivity index (χ1n) is 11.1. The normalized spacial score (nSPS) is 14.6. The predicted octanol–water partition coefficient (Wildman–Crippen LogP) is 4.24. The number of aliphatic hydroxyl groups is 1. The van der Waals surface area contributed by atoms with E-state index < -0.39 is 5.60 Å². The minimum atomic E-state index is -0.847. The topological polar surface area (TPSA) is 92.0 Å². The van der Waals surface area contributed by atoms with Gasteiger partial charge in [-0.3, -0.25) is 9.59 Å². The lowest BCUT2D eigenvalue weighted by Crippen LogP contribution is -2.45. The van der Waals surface area contributed by atoms with Crippen LogP contribution in [0.5, 0.6) is 5.75 Å². The van der Waals surface area contributed by atoms with Crippen LogP contribution in [0.4, 0.5) is 5.69 Å². The third kappa shape index (κ3) is 6.23. The quantitative estimate of drug-likeness (QED) is 0.511. The average molecular weight is 449 g/mol. The molecule has 2 amide bonds. The van der Waals surface area contributed by atoms with Gasteiger partial charge in [0, 0.05) is 24.8 Å². The Kier molecular flexibility index (Phi) is 7.10. The molecule has 1 aliphatic rings. The summed E-state index contributed by atoms with van der Waals surface area (Å²) in [5, 5.41) is 13.6. The molecule has 33 heavy (non-hydrogen) atoms. The lowest BCUT2D eigenvalue weighted by atomic mass is 10.0. The van der Waals surface area contributed by atoms with Gasteiger partial charge in [0.2, 0.25) is 0 Å². The van der Waals surface area contributed by atoms with Gasteiger partial charge in [-0.15, -0.1) is 0 Å². The first kappa shape index (κ1) is 22.6. The van der Waals surface area contributed by atoms with Gasteiger partial charge in [0.15, 0.2) is 12.4 Å². The summed E-state index contributed by atoms with van der Waals surface area (Å²) in [5.41, 5.74) is 0.679. The highest BCUT2D eigenvalue weighted by Gasteiger charge is 2.34. The fourth-order valence-corrected chi connectivity index (χ4v) is 4.08. The molecule has 1 aromatic heterocycles. The van der Waals surface area contributed by atoms with Crippen LogP contribution in [-0.2, 0) is 11.3 Å². The Morgan fingerprint density at radius 2 is 1.82 bits per heavy atom. The molecule has 0 aliphatic heterocycles. The molecule has 3 aromatic rings. The fourth-order valence-electron chi connectivity index (χ4n) is 4.08. The van der Waals surface area contributed by atoms with Crippen molar-refractivity contribution >= 4 is 17.5 Å². The zero-order chi connectivity index (χ0) is 23.1. The van der Waals surface area contributed by atoms with Crippen LogP contribution in [0.15, 0.2) is 77.4 Å². The number of nitrogens with zero attached hydrogens (tertiary/aromatic N) is 1. The van der Waals surface area contributed by atoms with Gasteiger partial charge in [-0.25, -0.2) is 0 Å². The first-order chi connectivity index (χ1) is 16.0. The van der Waals surface area contributed by atoms with Crippen molar-refractivity contribution in [1.29, 1.82) is 0 Å².